The highest BCUT2D eigenvalue weighted by molar-refractivity contribution is 6.69. The van der Waals surface area contributed by atoms with Crippen LogP contribution in [0.2, 0.25) is 0 Å². The molecule has 0 bridgehead atoms. The predicted octanol–water partition coefficient (Wildman–Crippen LogP) is 8.60. The van der Waals surface area contributed by atoms with Crippen LogP contribution in [0.1, 0.15) is 61.8 Å². The lowest BCUT2D eigenvalue weighted by atomic mass is 9.73. The molecule has 1 aliphatic carbocycles. The smallest absolute Gasteiger partial charge is 0.201 e. The first kappa shape index (κ1) is 28.0. The maximum Gasteiger partial charge on any atom is 0.201 e. The van der Waals surface area contributed by atoms with Crippen molar-refractivity contribution in [1.29, 1.82) is 0 Å². The molecule has 0 N–H and O–H groups in total. The lowest BCUT2D eigenvalue weighted by Gasteiger charge is -2.40. The summed E-state index contributed by atoms with van der Waals surface area (Å²) in [7, 11) is 0. The van der Waals surface area contributed by atoms with E-state index < -0.39 is 19.4 Å². The fourth-order valence-corrected chi connectivity index (χ4v) is 5.71. The van der Waals surface area contributed by atoms with Crippen LogP contribution in [0.4, 0.5) is 0 Å². The third kappa shape index (κ3) is 5.68. The molecular weight excluding hydrogens is 565 g/mol. The van der Waals surface area contributed by atoms with Gasteiger partial charge in [-0.05, 0) is 74.2 Å². The molecule has 0 radical (unpaired) electrons. The summed E-state index contributed by atoms with van der Waals surface area (Å²) in [6.45, 7) is 9.22. The maximum atomic E-state index is 6.58. The quantitative estimate of drug-likeness (QED) is 0.288. The molecule has 0 spiro atoms. The van der Waals surface area contributed by atoms with Gasteiger partial charge in [0.2, 0.25) is 7.59 Å². The van der Waals surface area contributed by atoms with Crippen molar-refractivity contribution in [2.45, 2.75) is 47.1 Å². The molecule has 0 saturated heterocycles. The van der Waals surface area contributed by atoms with Gasteiger partial charge < -0.3 is 18.9 Å². The van der Waals surface area contributed by atoms with Gasteiger partial charge in [0.25, 0.3) is 0 Å². The number of ether oxygens (including phenoxy) is 4. The summed E-state index contributed by atoms with van der Waals surface area (Å²) in [5.41, 5.74) is 2.68. The van der Waals surface area contributed by atoms with Crippen molar-refractivity contribution in [3.8, 4) is 23.0 Å². The van der Waals surface area contributed by atoms with E-state index in [2.05, 4.69) is 0 Å². The maximum absolute atomic E-state index is 6.58. The second-order valence-corrected chi connectivity index (χ2v) is 12.3. The molecule has 1 aliphatic rings. The van der Waals surface area contributed by atoms with E-state index in [0.29, 0.717) is 71.7 Å². The van der Waals surface area contributed by atoms with Gasteiger partial charge in [0.1, 0.15) is 0 Å². The monoisotopic (exact) mass is 588 g/mol. The molecule has 0 atom stereocenters. The summed E-state index contributed by atoms with van der Waals surface area (Å²) in [5, 5.41) is 0. The molecule has 2 aromatic carbocycles. The summed E-state index contributed by atoms with van der Waals surface area (Å²) in [6.07, 6.45) is 0. The Hall–Kier alpha value is -0.620. The van der Waals surface area contributed by atoms with Crippen molar-refractivity contribution in [2.24, 2.45) is 0 Å². The SMILES string of the molecule is CCOc1cc2c(cc1OCC)C(C(Cl)(Cl)Cl)c1cc(OCC)c(OCC)cc1C2C(Cl)(Cl)Cl. The summed E-state index contributed by atoms with van der Waals surface area (Å²) >= 11 is 39.5. The fourth-order valence-electron chi connectivity index (χ4n) is 4.30. The molecule has 34 heavy (non-hydrogen) atoms. The molecule has 0 unspecified atom stereocenters. The minimum atomic E-state index is -1.73. The fraction of sp³-hybridized carbons (Fsp3) is 0.500. The highest BCUT2D eigenvalue weighted by Gasteiger charge is 2.49. The van der Waals surface area contributed by atoms with Gasteiger partial charge in [-0.2, -0.15) is 0 Å². The standard InChI is InChI=1S/C24H26Cl6O4/c1-5-31-17-9-13-14(10-18(17)32-6-2)22(24(28,29)30)16-12-20(34-8-4)19(33-7-3)11-15(16)21(13)23(25,26)27/h9-12,21-22H,5-8H2,1-4H3. The highest BCUT2D eigenvalue weighted by Crippen LogP contribution is 2.60. The molecule has 4 nitrogen and oxygen atoms in total. The zero-order valence-corrected chi connectivity index (χ0v) is 23.7. The zero-order chi connectivity index (χ0) is 25.3. The average Bonchev–Trinajstić information content (AvgIpc) is 2.72. The van der Waals surface area contributed by atoms with E-state index >= 15 is 0 Å². The molecule has 10 heteroatoms. The van der Waals surface area contributed by atoms with E-state index in [1.54, 1.807) is 24.3 Å². The summed E-state index contributed by atoms with van der Waals surface area (Å²) < 4.78 is 19.9. The van der Waals surface area contributed by atoms with Crippen molar-refractivity contribution in [2.75, 3.05) is 26.4 Å². The van der Waals surface area contributed by atoms with Crippen molar-refractivity contribution < 1.29 is 18.9 Å². The van der Waals surface area contributed by atoms with Crippen LogP contribution in [-0.2, 0) is 0 Å². The Morgan fingerprint density at radius 2 is 0.706 bits per heavy atom. The Morgan fingerprint density at radius 3 is 0.853 bits per heavy atom. The van der Waals surface area contributed by atoms with Crippen molar-refractivity contribution in [3.63, 3.8) is 0 Å². The number of hydrogen-bond donors (Lipinski definition) is 0. The summed E-state index contributed by atoms with van der Waals surface area (Å²) in [6, 6.07) is 7.22. The number of rotatable bonds is 8. The molecule has 0 amide bonds. The predicted molar refractivity (Wildman–Crippen MR) is 142 cm³/mol. The third-order valence-electron chi connectivity index (χ3n) is 5.40. The van der Waals surface area contributed by atoms with Gasteiger partial charge in [-0.25, -0.2) is 0 Å². The Bertz CT molecular complexity index is 868. The van der Waals surface area contributed by atoms with Gasteiger partial charge in [-0.15, -0.1) is 0 Å². The van der Waals surface area contributed by atoms with Crippen LogP contribution in [0.5, 0.6) is 23.0 Å². The first-order valence-corrected chi connectivity index (χ1v) is 13.2. The van der Waals surface area contributed by atoms with Crippen LogP contribution in [0.15, 0.2) is 24.3 Å². The lowest BCUT2D eigenvalue weighted by molar-refractivity contribution is 0.285. The minimum Gasteiger partial charge on any atom is -0.490 e. The van der Waals surface area contributed by atoms with Gasteiger partial charge in [-0.3, -0.25) is 0 Å². The van der Waals surface area contributed by atoms with E-state index in [4.69, 9.17) is 88.6 Å². The molecule has 0 fully saturated rings. The van der Waals surface area contributed by atoms with E-state index in [1.807, 2.05) is 27.7 Å². The Morgan fingerprint density at radius 1 is 0.500 bits per heavy atom. The van der Waals surface area contributed by atoms with E-state index in [-0.39, 0.29) is 0 Å². The summed E-state index contributed by atoms with van der Waals surface area (Å²) in [4.78, 5) is 0. The molecule has 0 aromatic heterocycles. The van der Waals surface area contributed by atoms with E-state index in [9.17, 15) is 0 Å². The molecule has 0 saturated carbocycles. The molecular formula is C24H26Cl6O4. The number of alkyl halides is 6. The van der Waals surface area contributed by atoms with Gasteiger partial charge in [0, 0.05) is 0 Å². The molecule has 3 rings (SSSR count). The van der Waals surface area contributed by atoms with Crippen LogP contribution >= 0.6 is 69.6 Å². The highest BCUT2D eigenvalue weighted by atomic mass is 35.6. The summed E-state index contributed by atoms with van der Waals surface area (Å²) in [5.74, 6) is 0.677. The van der Waals surface area contributed by atoms with E-state index in [1.165, 1.54) is 0 Å². The van der Waals surface area contributed by atoms with E-state index in [0.717, 1.165) is 0 Å². The molecule has 188 valence electrons. The van der Waals surface area contributed by atoms with Crippen LogP contribution < -0.4 is 18.9 Å². The molecule has 0 aliphatic heterocycles. The van der Waals surface area contributed by atoms with Crippen molar-refractivity contribution in [3.05, 3.63) is 46.5 Å². The Kier molecular flexibility index (Phi) is 9.20. The number of fused-ring (bicyclic) bond motifs is 2. The Labute approximate surface area is 230 Å². The van der Waals surface area contributed by atoms with Crippen molar-refractivity contribution in [1.82, 2.24) is 0 Å². The number of halogens is 6. The molecule has 2 aromatic rings. The zero-order valence-electron chi connectivity index (χ0n) is 19.2. The van der Waals surface area contributed by atoms with Gasteiger partial charge in [0.05, 0.1) is 38.3 Å². The second-order valence-electron chi connectivity index (χ2n) is 7.54. The largest absolute Gasteiger partial charge is 0.490 e. The Balaban J connectivity index is 2.41. The van der Waals surface area contributed by atoms with Crippen LogP contribution in [0.3, 0.4) is 0 Å². The number of hydrogen-bond acceptors (Lipinski definition) is 4. The molecule has 0 heterocycles. The van der Waals surface area contributed by atoms with Crippen molar-refractivity contribution >= 4 is 69.6 Å². The van der Waals surface area contributed by atoms with Gasteiger partial charge in [-0.1, -0.05) is 69.6 Å². The normalized spacial score (nSPS) is 17.6. The second kappa shape index (κ2) is 11.2. The van der Waals surface area contributed by atoms with Gasteiger partial charge >= 0.3 is 0 Å². The third-order valence-corrected chi connectivity index (χ3v) is 6.71. The van der Waals surface area contributed by atoms with Crippen LogP contribution in [0.25, 0.3) is 0 Å². The first-order chi connectivity index (χ1) is 16.0. The number of benzene rings is 2. The van der Waals surface area contributed by atoms with Crippen LogP contribution in [-0.4, -0.2) is 34.0 Å². The minimum absolute atomic E-state index is 0.425. The van der Waals surface area contributed by atoms with Crippen LogP contribution in [0, 0.1) is 0 Å². The average molecular weight is 591 g/mol. The van der Waals surface area contributed by atoms with Gasteiger partial charge in [0.15, 0.2) is 23.0 Å². The topological polar surface area (TPSA) is 36.9 Å². The first-order valence-electron chi connectivity index (χ1n) is 11.0. The lowest BCUT2D eigenvalue weighted by Crippen LogP contribution is -2.32.